The predicted octanol–water partition coefficient (Wildman–Crippen LogP) is 3.20. The molecule has 2 unspecified atom stereocenters. The number of thiocarbonyl (C=S) groups is 1. The lowest BCUT2D eigenvalue weighted by molar-refractivity contribution is -0.300. The van der Waals surface area contributed by atoms with Crippen LogP contribution in [0.15, 0.2) is 58.8 Å². The third kappa shape index (κ3) is 6.03. The number of para-hydroxylation sites is 1. The highest BCUT2D eigenvalue weighted by Crippen LogP contribution is 2.39. The molecular weight excluding hydrogens is 443 g/mol. The number of aromatic nitrogens is 1. The van der Waals surface area contributed by atoms with Crippen LogP contribution in [-0.2, 0) is 20.8 Å². The lowest BCUT2D eigenvalue weighted by Crippen LogP contribution is -2.23. The van der Waals surface area contributed by atoms with Gasteiger partial charge in [0, 0.05) is 18.2 Å². The van der Waals surface area contributed by atoms with Gasteiger partial charge < -0.3 is 39.4 Å². The monoisotopic (exact) mass is 464 g/mol. The van der Waals surface area contributed by atoms with Crippen molar-refractivity contribution in [1.82, 2.24) is 4.57 Å². The molecule has 4 N–H and O–H groups in total. The number of nitrogens with one attached hydrogen (secondary N) is 1. The van der Waals surface area contributed by atoms with Crippen molar-refractivity contribution in [1.29, 1.82) is 0 Å². The maximum absolute atomic E-state index is 13.9. The second-order valence-corrected chi connectivity index (χ2v) is 6.78. The van der Waals surface area contributed by atoms with Crippen LogP contribution >= 0.6 is 12.2 Å². The quantitative estimate of drug-likeness (QED) is 0.216. The molecule has 0 aliphatic heterocycles. The SMILES string of the molecule is COC(O)OCOC(O)Cn1c(O)c(N=NC(=S)Nc2ccccc2)c2cc(F)ccc21. The minimum absolute atomic E-state index is 0.0324. The Balaban J connectivity index is 1.80. The number of nitrogens with zero attached hydrogens (tertiary/aromatic N) is 3. The molecule has 10 nitrogen and oxygen atoms in total. The molecule has 1 heterocycles. The van der Waals surface area contributed by atoms with Crippen molar-refractivity contribution >= 4 is 39.6 Å². The first-order valence-electron chi connectivity index (χ1n) is 9.29. The number of fused-ring (bicyclic) bond motifs is 1. The normalized spacial score (nSPS) is 13.5. The van der Waals surface area contributed by atoms with Gasteiger partial charge in [-0.25, -0.2) is 4.39 Å². The minimum Gasteiger partial charge on any atom is -0.493 e. The van der Waals surface area contributed by atoms with Crippen molar-refractivity contribution in [2.45, 2.75) is 19.3 Å². The minimum atomic E-state index is -1.51. The van der Waals surface area contributed by atoms with Gasteiger partial charge in [-0.2, -0.15) is 0 Å². The summed E-state index contributed by atoms with van der Waals surface area (Å²) in [5.41, 5.74) is 1.05. The largest absolute Gasteiger partial charge is 0.493 e. The third-order valence-corrected chi connectivity index (χ3v) is 4.43. The number of anilines is 1. The zero-order chi connectivity index (χ0) is 23.1. The molecule has 0 aliphatic rings. The van der Waals surface area contributed by atoms with E-state index in [-0.39, 0.29) is 28.6 Å². The van der Waals surface area contributed by atoms with Gasteiger partial charge in [0.15, 0.2) is 18.8 Å². The first-order valence-corrected chi connectivity index (χ1v) is 9.70. The summed E-state index contributed by atoms with van der Waals surface area (Å²) in [4.78, 5) is 0. The third-order valence-electron chi connectivity index (χ3n) is 4.25. The Morgan fingerprint density at radius 1 is 1.19 bits per heavy atom. The number of ether oxygens (including phenoxy) is 3. The number of azo groups is 1. The number of methoxy groups -OCH3 is 1. The lowest BCUT2D eigenvalue weighted by Gasteiger charge is -2.16. The van der Waals surface area contributed by atoms with E-state index >= 15 is 0 Å². The van der Waals surface area contributed by atoms with E-state index < -0.39 is 25.4 Å². The second-order valence-electron chi connectivity index (χ2n) is 6.39. The van der Waals surface area contributed by atoms with Gasteiger partial charge in [-0.15, -0.1) is 10.2 Å². The van der Waals surface area contributed by atoms with E-state index in [0.29, 0.717) is 11.2 Å². The molecule has 2 atom stereocenters. The van der Waals surface area contributed by atoms with Crippen LogP contribution in [0.4, 0.5) is 15.8 Å². The summed E-state index contributed by atoms with van der Waals surface area (Å²) in [5, 5.41) is 41.0. The zero-order valence-electron chi connectivity index (χ0n) is 16.9. The van der Waals surface area contributed by atoms with Crippen LogP contribution in [0.5, 0.6) is 5.88 Å². The van der Waals surface area contributed by atoms with Crippen molar-refractivity contribution in [2.24, 2.45) is 10.2 Å². The maximum Gasteiger partial charge on any atom is 0.270 e. The highest BCUT2D eigenvalue weighted by atomic mass is 32.1. The van der Waals surface area contributed by atoms with Crippen LogP contribution in [0.1, 0.15) is 0 Å². The van der Waals surface area contributed by atoms with E-state index in [0.717, 1.165) is 0 Å². The van der Waals surface area contributed by atoms with Gasteiger partial charge in [0.1, 0.15) is 5.82 Å². The average Bonchev–Trinajstić information content (AvgIpc) is 3.02. The average molecular weight is 464 g/mol. The summed E-state index contributed by atoms with van der Waals surface area (Å²) in [7, 11) is 1.22. The first-order chi connectivity index (χ1) is 15.4. The van der Waals surface area contributed by atoms with E-state index in [9.17, 15) is 14.6 Å². The fraction of sp³-hybridized carbons (Fsp3) is 0.250. The molecule has 3 aromatic rings. The van der Waals surface area contributed by atoms with Gasteiger partial charge in [-0.1, -0.05) is 18.2 Å². The number of aliphatic hydroxyl groups is 2. The Morgan fingerprint density at radius 2 is 1.94 bits per heavy atom. The number of halogens is 1. The number of aromatic hydroxyl groups is 1. The summed E-state index contributed by atoms with van der Waals surface area (Å²) in [6, 6.07) is 12.9. The van der Waals surface area contributed by atoms with Gasteiger partial charge in [0.25, 0.3) is 6.48 Å². The molecule has 1 aromatic heterocycles. The van der Waals surface area contributed by atoms with Crippen LogP contribution in [0, 0.1) is 5.82 Å². The first kappa shape index (κ1) is 23.7. The van der Waals surface area contributed by atoms with Crippen molar-refractivity contribution in [3.05, 3.63) is 54.3 Å². The smallest absolute Gasteiger partial charge is 0.270 e. The molecular formula is C20H21FN4O6S. The van der Waals surface area contributed by atoms with Crippen LogP contribution < -0.4 is 5.32 Å². The number of benzene rings is 2. The van der Waals surface area contributed by atoms with E-state index in [2.05, 4.69) is 20.3 Å². The van der Waals surface area contributed by atoms with Crippen molar-refractivity contribution in [3.8, 4) is 5.88 Å². The molecule has 3 rings (SSSR count). The number of hydrogen-bond donors (Lipinski definition) is 4. The molecule has 0 aliphatic carbocycles. The fourth-order valence-corrected chi connectivity index (χ4v) is 2.96. The lowest BCUT2D eigenvalue weighted by atomic mass is 10.2. The van der Waals surface area contributed by atoms with E-state index in [1.807, 2.05) is 18.2 Å². The summed E-state index contributed by atoms with van der Waals surface area (Å²) in [5.74, 6) is -0.924. The van der Waals surface area contributed by atoms with Gasteiger partial charge in [-0.05, 0) is 42.5 Å². The van der Waals surface area contributed by atoms with E-state index in [1.165, 1.54) is 29.9 Å². The summed E-state index contributed by atoms with van der Waals surface area (Å²) < 4.78 is 29.4. The molecule has 0 amide bonds. The number of hydrogen-bond acceptors (Lipinski definition) is 8. The zero-order valence-corrected chi connectivity index (χ0v) is 17.7. The van der Waals surface area contributed by atoms with Crippen LogP contribution in [0.2, 0.25) is 0 Å². The Hall–Kier alpha value is -3.00. The van der Waals surface area contributed by atoms with Gasteiger partial charge in [0.05, 0.1) is 12.1 Å². The molecule has 0 saturated carbocycles. The summed E-state index contributed by atoms with van der Waals surface area (Å²) in [6.45, 7) is -2.23. The van der Waals surface area contributed by atoms with Gasteiger partial charge in [0.2, 0.25) is 11.0 Å². The molecule has 12 heteroatoms. The molecule has 0 radical (unpaired) electrons. The molecule has 32 heavy (non-hydrogen) atoms. The molecule has 2 aromatic carbocycles. The summed E-state index contributed by atoms with van der Waals surface area (Å²) in [6.07, 6.45) is -1.43. The van der Waals surface area contributed by atoms with E-state index in [1.54, 1.807) is 12.1 Å². The standard InChI is InChI=1S/C20H21FN4O6S/c1-29-20(28)31-11-30-16(26)10-25-15-8-7-12(21)9-14(15)17(18(25)27)23-24-19(32)22-13-5-3-2-4-6-13/h2-9,16,20,26-28H,10-11H2,1H3,(H,22,32). The Morgan fingerprint density at radius 3 is 2.66 bits per heavy atom. The predicted molar refractivity (Wildman–Crippen MR) is 117 cm³/mol. The van der Waals surface area contributed by atoms with Gasteiger partial charge in [-0.3, -0.25) is 0 Å². The van der Waals surface area contributed by atoms with Crippen LogP contribution in [0.25, 0.3) is 10.9 Å². The second kappa shape index (κ2) is 11.0. The highest BCUT2D eigenvalue weighted by Gasteiger charge is 2.20. The molecule has 0 spiro atoms. The van der Waals surface area contributed by atoms with Crippen LogP contribution in [0.3, 0.4) is 0 Å². The van der Waals surface area contributed by atoms with E-state index in [4.69, 9.17) is 26.8 Å². The van der Waals surface area contributed by atoms with Crippen molar-refractivity contribution < 1.29 is 33.9 Å². The number of aliphatic hydroxyl groups excluding tert-OH is 2. The van der Waals surface area contributed by atoms with Gasteiger partial charge >= 0.3 is 0 Å². The Kier molecular flexibility index (Phi) is 8.16. The summed E-state index contributed by atoms with van der Waals surface area (Å²) >= 11 is 5.14. The Bertz CT molecular complexity index is 1090. The Labute approximate surface area is 187 Å². The van der Waals surface area contributed by atoms with Crippen molar-refractivity contribution in [3.63, 3.8) is 0 Å². The topological polar surface area (TPSA) is 130 Å². The highest BCUT2D eigenvalue weighted by molar-refractivity contribution is 7.80. The fourth-order valence-electron chi connectivity index (χ4n) is 2.80. The molecule has 0 fully saturated rings. The molecule has 0 bridgehead atoms. The van der Waals surface area contributed by atoms with Crippen LogP contribution in [-0.4, -0.2) is 51.7 Å². The number of rotatable bonds is 9. The maximum atomic E-state index is 13.9. The molecule has 0 saturated heterocycles. The molecule has 170 valence electrons. The van der Waals surface area contributed by atoms with Crippen molar-refractivity contribution in [2.75, 3.05) is 19.2 Å².